The van der Waals surface area contributed by atoms with Crippen LogP contribution in [0.25, 0.3) is 11.1 Å². The maximum Gasteiger partial charge on any atom is 0.291 e. The van der Waals surface area contributed by atoms with Gasteiger partial charge in [-0.1, -0.05) is 12.1 Å². The number of non-ortho nitro benzene ring substituents is 1. The first-order valence-corrected chi connectivity index (χ1v) is 5.72. The molecule has 0 radical (unpaired) electrons. The van der Waals surface area contributed by atoms with Crippen LogP contribution in [0.2, 0.25) is 0 Å². The minimum Gasteiger partial charge on any atom is -0.508 e. The minimum atomic E-state index is -0.944. The van der Waals surface area contributed by atoms with Crippen LogP contribution < -0.4 is 0 Å². The zero-order valence-electron chi connectivity index (χ0n) is 10.7. The summed E-state index contributed by atoms with van der Waals surface area (Å²) in [5.74, 6) is -0.129. The van der Waals surface area contributed by atoms with E-state index in [4.69, 9.17) is 0 Å². The van der Waals surface area contributed by atoms with Crippen molar-refractivity contribution < 1.29 is 19.9 Å². The van der Waals surface area contributed by atoms with E-state index in [-0.39, 0.29) is 16.9 Å². The molecule has 2 aromatic rings. The van der Waals surface area contributed by atoms with E-state index in [1.54, 1.807) is 0 Å². The Balaban J connectivity index is 2.85. The van der Waals surface area contributed by atoms with Crippen molar-refractivity contribution in [3.8, 4) is 16.9 Å². The fourth-order valence-electron chi connectivity index (χ4n) is 1.91. The van der Waals surface area contributed by atoms with Gasteiger partial charge in [0, 0.05) is 0 Å². The second kappa shape index (κ2) is 5.44. The van der Waals surface area contributed by atoms with Gasteiger partial charge in [-0.2, -0.15) is 0 Å². The van der Waals surface area contributed by atoms with Crippen molar-refractivity contribution in [1.82, 2.24) is 0 Å². The van der Waals surface area contributed by atoms with Crippen LogP contribution in [-0.4, -0.2) is 19.9 Å². The maximum absolute atomic E-state index is 11.1. The van der Waals surface area contributed by atoms with Gasteiger partial charge in [-0.25, -0.2) is 0 Å². The standard InChI is InChI=1S/C12H7N3O7/c16-9-3-1-7(2-4-9)12-10(14(19)20)5-8(13(17)18)6-11(12)15(21)22/h1-6,16H. The molecule has 0 fully saturated rings. The summed E-state index contributed by atoms with van der Waals surface area (Å²) in [5, 5.41) is 42.2. The monoisotopic (exact) mass is 305 g/mol. The largest absolute Gasteiger partial charge is 0.508 e. The first kappa shape index (κ1) is 14.8. The van der Waals surface area contributed by atoms with Gasteiger partial charge in [-0.05, 0) is 17.7 Å². The molecule has 0 saturated heterocycles. The van der Waals surface area contributed by atoms with Crippen LogP contribution >= 0.6 is 0 Å². The molecule has 1 N–H and O–H groups in total. The van der Waals surface area contributed by atoms with Gasteiger partial charge in [0.2, 0.25) is 0 Å². The smallest absolute Gasteiger partial charge is 0.291 e. The zero-order valence-corrected chi connectivity index (χ0v) is 10.7. The van der Waals surface area contributed by atoms with Crippen molar-refractivity contribution in [3.05, 3.63) is 66.7 Å². The molecule has 0 spiro atoms. The third-order valence-electron chi connectivity index (χ3n) is 2.84. The first-order chi connectivity index (χ1) is 10.3. The lowest BCUT2D eigenvalue weighted by molar-refractivity contribution is -0.402. The number of nitrogens with zero attached hydrogens (tertiary/aromatic N) is 3. The lowest BCUT2D eigenvalue weighted by Gasteiger charge is -2.05. The lowest BCUT2D eigenvalue weighted by atomic mass is 10.0. The van der Waals surface area contributed by atoms with Crippen LogP contribution in [0.15, 0.2) is 36.4 Å². The van der Waals surface area contributed by atoms with Crippen molar-refractivity contribution in [3.63, 3.8) is 0 Å². The Morgan fingerprint density at radius 3 is 1.59 bits per heavy atom. The lowest BCUT2D eigenvalue weighted by Crippen LogP contribution is -2.00. The van der Waals surface area contributed by atoms with Crippen molar-refractivity contribution in [2.45, 2.75) is 0 Å². The van der Waals surface area contributed by atoms with Crippen LogP contribution in [0.3, 0.4) is 0 Å². The molecule has 0 aliphatic carbocycles. The Bertz CT molecular complexity index is 751. The summed E-state index contributed by atoms with van der Waals surface area (Å²) in [6.45, 7) is 0. The number of nitro benzene ring substituents is 3. The summed E-state index contributed by atoms with van der Waals surface area (Å²) in [6.07, 6.45) is 0. The zero-order chi connectivity index (χ0) is 16.4. The average molecular weight is 305 g/mol. The molecule has 0 atom stereocenters. The SMILES string of the molecule is O=[N+]([O-])c1cc([N+](=O)[O-])c(-c2ccc(O)cc2)c([N+](=O)[O-])c1. The maximum atomic E-state index is 11.1. The van der Waals surface area contributed by atoms with E-state index in [1.807, 2.05) is 0 Å². The highest BCUT2D eigenvalue weighted by atomic mass is 16.6. The van der Waals surface area contributed by atoms with Crippen LogP contribution in [0.5, 0.6) is 5.75 Å². The Hall–Kier alpha value is -3.56. The highest BCUT2D eigenvalue weighted by Gasteiger charge is 2.31. The van der Waals surface area contributed by atoms with Gasteiger partial charge >= 0.3 is 0 Å². The van der Waals surface area contributed by atoms with Gasteiger partial charge in [0.25, 0.3) is 17.1 Å². The van der Waals surface area contributed by atoms with E-state index in [0.29, 0.717) is 12.1 Å². The molecule has 10 heteroatoms. The highest BCUT2D eigenvalue weighted by molar-refractivity contribution is 5.84. The van der Waals surface area contributed by atoms with Crippen LogP contribution in [-0.2, 0) is 0 Å². The third-order valence-corrected chi connectivity index (χ3v) is 2.84. The van der Waals surface area contributed by atoms with Crippen molar-refractivity contribution >= 4 is 17.1 Å². The number of aromatic hydroxyl groups is 1. The number of phenolic OH excluding ortho intramolecular Hbond substituents is 1. The summed E-state index contributed by atoms with van der Waals surface area (Å²) in [4.78, 5) is 30.2. The molecule has 22 heavy (non-hydrogen) atoms. The molecule has 112 valence electrons. The molecular weight excluding hydrogens is 298 g/mol. The molecule has 10 nitrogen and oxygen atoms in total. The molecule has 0 amide bonds. The molecule has 2 aromatic carbocycles. The molecule has 0 unspecified atom stereocenters. The van der Waals surface area contributed by atoms with Gasteiger partial charge in [-0.15, -0.1) is 0 Å². The second-order valence-corrected chi connectivity index (χ2v) is 4.18. The minimum absolute atomic E-state index is 0.0890. The quantitative estimate of drug-likeness (QED) is 0.673. The molecule has 0 aromatic heterocycles. The Labute approximate surface area is 121 Å². The molecular formula is C12H7N3O7. The molecule has 0 saturated carbocycles. The van der Waals surface area contributed by atoms with E-state index in [9.17, 15) is 35.4 Å². The Morgan fingerprint density at radius 2 is 1.23 bits per heavy atom. The van der Waals surface area contributed by atoms with Crippen LogP contribution in [0.4, 0.5) is 17.1 Å². The summed E-state index contributed by atoms with van der Waals surface area (Å²) < 4.78 is 0. The topological polar surface area (TPSA) is 150 Å². The number of benzene rings is 2. The predicted octanol–water partition coefficient (Wildman–Crippen LogP) is 2.78. The molecule has 0 aliphatic rings. The van der Waals surface area contributed by atoms with E-state index < -0.39 is 31.8 Å². The third kappa shape index (κ3) is 2.65. The summed E-state index contributed by atoms with van der Waals surface area (Å²) in [6, 6.07) is 6.21. The Kier molecular flexibility index (Phi) is 3.67. The fourth-order valence-corrected chi connectivity index (χ4v) is 1.91. The van der Waals surface area contributed by atoms with E-state index >= 15 is 0 Å². The van der Waals surface area contributed by atoms with E-state index in [1.165, 1.54) is 24.3 Å². The number of hydrogen-bond donors (Lipinski definition) is 1. The highest BCUT2D eigenvalue weighted by Crippen LogP contribution is 2.41. The molecule has 0 aliphatic heterocycles. The fraction of sp³-hybridized carbons (Fsp3) is 0. The van der Waals surface area contributed by atoms with Crippen LogP contribution in [0, 0.1) is 30.3 Å². The van der Waals surface area contributed by atoms with Gasteiger partial charge in [0.05, 0.1) is 26.9 Å². The van der Waals surface area contributed by atoms with Crippen molar-refractivity contribution in [1.29, 1.82) is 0 Å². The van der Waals surface area contributed by atoms with Crippen molar-refractivity contribution in [2.24, 2.45) is 0 Å². The van der Waals surface area contributed by atoms with Gasteiger partial charge < -0.3 is 5.11 Å². The Morgan fingerprint density at radius 1 is 0.773 bits per heavy atom. The average Bonchev–Trinajstić information content (AvgIpc) is 2.46. The predicted molar refractivity (Wildman–Crippen MR) is 73.5 cm³/mol. The number of hydrogen-bond acceptors (Lipinski definition) is 7. The normalized spacial score (nSPS) is 10.2. The summed E-state index contributed by atoms with van der Waals surface area (Å²) >= 11 is 0. The van der Waals surface area contributed by atoms with E-state index in [2.05, 4.69) is 0 Å². The van der Waals surface area contributed by atoms with Crippen LogP contribution in [0.1, 0.15) is 0 Å². The second-order valence-electron chi connectivity index (χ2n) is 4.18. The molecule has 2 rings (SSSR count). The summed E-state index contributed by atoms with van der Waals surface area (Å²) in [5.41, 5.74) is -2.54. The number of rotatable bonds is 4. The molecule has 0 heterocycles. The van der Waals surface area contributed by atoms with Gasteiger partial charge in [0.1, 0.15) is 11.3 Å². The number of nitro groups is 3. The molecule has 0 bridgehead atoms. The van der Waals surface area contributed by atoms with Gasteiger partial charge in [-0.3, -0.25) is 30.3 Å². The van der Waals surface area contributed by atoms with Crippen molar-refractivity contribution in [2.75, 3.05) is 0 Å². The van der Waals surface area contributed by atoms with Gasteiger partial charge in [0.15, 0.2) is 0 Å². The first-order valence-electron chi connectivity index (χ1n) is 5.72. The summed E-state index contributed by atoms with van der Waals surface area (Å²) in [7, 11) is 0. The van der Waals surface area contributed by atoms with E-state index in [0.717, 1.165) is 0 Å². The number of phenols is 1.